The molecule has 1 aliphatic rings. The third-order valence-electron chi connectivity index (χ3n) is 3.80. The summed E-state index contributed by atoms with van der Waals surface area (Å²) in [6.07, 6.45) is 1.82. The fraction of sp³-hybridized carbons (Fsp3) is 0.294. The smallest absolute Gasteiger partial charge is 0.261 e. The van der Waals surface area contributed by atoms with Crippen LogP contribution in [0.25, 0.3) is 0 Å². The van der Waals surface area contributed by atoms with Gasteiger partial charge in [0.05, 0.1) is 15.9 Å². The first-order chi connectivity index (χ1) is 11.4. The summed E-state index contributed by atoms with van der Waals surface area (Å²) < 4.78 is 26.7. The van der Waals surface area contributed by atoms with E-state index in [4.69, 9.17) is 0 Å². The molecule has 1 aromatic carbocycles. The van der Waals surface area contributed by atoms with Gasteiger partial charge >= 0.3 is 0 Å². The first kappa shape index (κ1) is 16.6. The average Bonchev–Trinajstić information content (AvgIpc) is 3.27. The van der Waals surface area contributed by atoms with Crippen LogP contribution in [0.5, 0.6) is 0 Å². The summed E-state index contributed by atoms with van der Waals surface area (Å²) >= 11 is 1.16. The maximum Gasteiger partial charge on any atom is 0.261 e. The molecule has 4 nitrogen and oxygen atoms in total. The Morgan fingerprint density at radius 2 is 1.96 bits per heavy atom. The van der Waals surface area contributed by atoms with Crippen LogP contribution in [0.2, 0.25) is 0 Å². The molecule has 0 bridgehead atoms. The van der Waals surface area contributed by atoms with Gasteiger partial charge in [-0.15, -0.1) is 11.3 Å². The Morgan fingerprint density at radius 3 is 2.62 bits per heavy atom. The summed E-state index contributed by atoms with van der Waals surface area (Å²) in [6, 6.07) is 5.92. The number of benzene rings is 1. The SMILES string of the molecule is C[C@H](NC(=O)c1ccc(NC(=O)C2CC2)s1)c1ccc(F)cc1F. The molecule has 2 aromatic rings. The van der Waals surface area contributed by atoms with Crippen molar-refractivity contribution in [2.75, 3.05) is 5.32 Å². The van der Waals surface area contributed by atoms with E-state index in [0.717, 1.165) is 36.3 Å². The van der Waals surface area contributed by atoms with Crippen LogP contribution in [0.15, 0.2) is 30.3 Å². The number of halogens is 2. The molecule has 0 radical (unpaired) electrons. The van der Waals surface area contributed by atoms with Gasteiger partial charge in [-0.3, -0.25) is 9.59 Å². The quantitative estimate of drug-likeness (QED) is 0.860. The molecule has 1 fully saturated rings. The molecule has 0 aliphatic heterocycles. The van der Waals surface area contributed by atoms with Gasteiger partial charge in [-0.1, -0.05) is 6.07 Å². The lowest BCUT2D eigenvalue weighted by Crippen LogP contribution is -2.26. The molecule has 1 aliphatic carbocycles. The monoisotopic (exact) mass is 350 g/mol. The number of nitrogens with one attached hydrogen (secondary N) is 2. The van der Waals surface area contributed by atoms with Crippen LogP contribution in [0.4, 0.5) is 13.8 Å². The number of carbonyl (C=O) groups is 2. The Bertz CT molecular complexity index is 787. The van der Waals surface area contributed by atoms with Gasteiger partial charge < -0.3 is 10.6 Å². The van der Waals surface area contributed by atoms with Crippen LogP contribution in [-0.2, 0) is 4.79 Å². The summed E-state index contributed by atoms with van der Waals surface area (Å²) in [4.78, 5) is 24.4. The summed E-state index contributed by atoms with van der Waals surface area (Å²) in [5.74, 6) is -1.67. The second-order valence-electron chi connectivity index (χ2n) is 5.79. The largest absolute Gasteiger partial charge is 0.345 e. The molecular weight excluding hydrogens is 334 g/mol. The molecule has 126 valence electrons. The molecule has 0 spiro atoms. The van der Waals surface area contributed by atoms with Gasteiger partial charge in [0.2, 0.25) is 5.91 Å². The van der Waals surface area contributed by atoms with Crippen molar-refractivity contribution in [1.82, 2.24) is 5.32 Å². The number of hydrogen-bond acceptors (Lipinski definition) is 3. The van der Waals surface area contributed by atoms with Gasteiger partial charge in [-0.2, -0.15) is 0 Å². The minimum atomic E-state index is -0.702. The number of rotatable bonds is 5. The molecular formula is C17H16F2N2O2S. The zero-order chi connectivity index (χ0) is 17.3. The molecule has 1 saturated carbocycles. The summed E-state index contributed by atoms with van der Waals surface area (Å²) in [5.41, 5.74) is 0.212. The second-order valence-corrected chi connectivity index (χ2v) is 6.87. The molecule has 7 heteroatoms. The van der Waals surface area contributed by atoms with Gasteiger partial charge in [0.25, 0.3) is 5.91 Å². The van der Waals surface area contributed by atoms with Crippen LogP contribution >= 0.6 is 11.3 Å². The number of thiophene rings is 1. The van der Waals surface area contributed by atoms with Crippen LogP contribution in [-0.4, -0.2) is 11.8 Å². The zero-order valence-corrected chi connectivity index (χ0v) is 13.8. The normalized spacial score (nSPS) is 15.0. The van der Waals surface area contributed by atoms with Crippen molar-refractivity contribution < 1.29 is 18.4 Å². The second kappa shape index (κ2) is 6.68. The van der Waals surface area contributed by atoms with Crippen LogP contribution in [0, 0.1) is 17.6 Å². The van der Waals surface area contributed by atoms with Gasteiger partial charge in [0, 0.05) is 17.5 Å². The Hall–Kier alpha value is -2.28. The number of anilines is 1. The van der Waals surface area contributed by atoms with E-state index >= 15 is 0 Å². The van der Waals surface area contributed by atoms with Crippen LogP contribution in [0.3, 0.4) is 0 Å². The molecule has 1 aromatic heterocycles. The number of hydrogen-bond donors (Lipinski definition) is 2. The zero-order valence-electron chi connectivity index (χ0n) is 12.9. The van der Waals surface area contributed by atoms with Gasteiger partial charge in [-0.25, -0.2) is 8.78 Å². The molecule has 3 rings (SSSR count). The van der Waals surface area contributed by atoms with Crippen molar-refractivity contribution in [3.8, 4) is 0 Å². The molecule has 1 heterocycles. The Morgan fingerprint density at radius 1 is 1.21 bits per heavy atom. The molecule has 2 amide bonds. The standard InChI is InChI=1S/C17H16F2N2O2S/c1-9(12-5-4-11(18)8-13(12)19)20-17(23)14-6-7-15(24-14)21-16(22)10-2-3-10/h4-10H,2-3H2,1H3,(H,20,23)(H,21,22)/t9-/m0/s1. The predicted molar refractivity (Wildman–Crippen MR) is 87.9 cm³/mol. The highest BCUT2D eigenvalue weighted by Gasteiger charge is 2.30. The third kappa shape index (κ3) is 3.79. The van der Waals surface area contributed by atoms with Crippen molar-refractivity contribution in [2.24, 2.45) is 5.92 Å². The predicted octanol–water partition coefficient (Wildman–Crippen LogP) is 3.87. The fourth-order valence-corrected chi connectivity index (χ4v) is 3.11. The van der Waals surface area contributed by atoms with E-state index in [2.05, 4.69) is 10.6 Å². The lowest BCUT2D eigenvalue weighted by atomic mass is 10.1. The van der Waals surface area contributed by atoms with Crippen molar-refractivity contribution in [1.29, 1.82) is 0 Å². The molecule has 2 N–H and O–H groups in total. The average molecular weight is 350 g/mol. The lowest BCUT2D eigenvalue weighted by molar-refractivity contribution is -0.117. The van der Waals surface area contributed by atoms with Crippen LogP contribution < -0.4 is 10.6 Å². The Labute approximate surface area is 141 Å². The third-order valence-corrected chi connectivity index (χ3v) is 4.80. The maximum absolute atomic E-state index is 13.7. The topological polar surface area (TPSA) is 58.2 Å². The van der Waals surface area contributed by atoms with Gasteiger partial charge in [-0.05, 0) is 38.0 Å². The van der Waals surface area contributed by atoms with E-state index in [1.165, 1.54) is 6.07 Å². The van der Waals surface area contributed by atoms with Crippen LogP contribution in [0.1, 0.15) is 41.0 Å². The Balaban J connectivity index is 1.63. The summed E-state index contributed by atoms with van der Waals surface area (Å²) in [7, 11) is 0. The van der Waals surface area contributed by atoms with Gasteiger partial charge in [0.15, 0.2) is 0 Å². The van der Waals surface area contributed by atoms with Crippen molar-refractivity contribution in [3.63, 3.8) is 0 Å². The number of amides is 2. The van der Waals surface area contributed by atoms with Crippen molar-refractivity contribution >= 4 is 28.2 Å². The van der Waals surface area contributed by atoms with Crippen molar-refractivity contribution in [3.05, 3.63) is 52.4 Å². The van der Waals surface area contributed by atoms with E-state index in [-0.39, 0.29) is 23.3 Å². The highest BCUT2D eigenvalue weighted by Crippen LogP contribution is 2.31. The first-order valence-corrected chi connectivity index (χ1v) is 8.42. The summed E-state index contributed by atoms with van der Waals surface area (Å²) in [5, 5.41) is 6.06. The lowest BCUT2D eigenvalue weighted by Gasteiger charge is -2.14. The minimum absolute atomic E-state index is 0.0226. The Kier molecular flexibility index (Phi) is 4.62. The van der Waals surface area contributed by atoms with E-state index in [1.807, 2.05) is 0 Å². The maximum atomic E-state index is 13.7. The molecule has 1 atom stereocenters. The first-order valence-electron chi connectivity index (χ1n) is 7.60. The molecule has 24 heavy (non-hydrogen) atoms. The van der Waals surface area contributed by atoms with E-state index < -0.39 is 17.7 Å². The summed E-state index contributed by atoms with van der Waals surface area (Å²) in [6.45, 7) is 1.62. The van der Waals surface area contributed by atoms with Crippen molar-refractivity contribution in [2.45, 2.75) is 25.8 Å². The van der Waals surface area contributed by atoms with E-state index in [0.29, 0.717) is 9.88 Å². The van der Waals surface area contributed by atoms with E-state index in [9.17, 15) is 18.4 Å². The number of carbonyl (C=O) groups excluding carboxylic acids is 2. The van der Waals surface area contributed by atoms with E-state index in [1.54, 1.807) is 19.1 Å². The molecule has 0 unspecified atom stereocenters. The fourth-order valence-electron chi connectivity index (χ4n) is 2.29. The molecule has 0 saturated heterocycles. The van der Waals surface area contributed by atoms with Gasteiger partial charge in [0.1, 0.15) is 11.6 Å². The highest BCUT2D eigenvalue weighted by molar-refractivity contribution is 7.18. The minimum Gasteiger partial charge on any atom is -0.345 e. The highest BCUT2D eigenvalue weighted by atomic mass is 32.1.